The third-order valence-electron chi connectivity index (χ3n) is 4.67. The topological polar surface area (TPSA) is 24.5 Å². The van der Waals surface area contributed by atoms with Crippen LogP contribution in [0.5, 0.6) is 0 Å². The lowest BCUT2D eigenvalue weighted by Gasteiger charge is -2.32. The van der Waals surface area contributed by atoms with E-state index < -0.39 is 0 Å². The largest absolute Gasteiger partial charge is 0.381 e. The van der Waals surface area contributed by atoms with Gasteiger partial charge in [-0.3, -0.25) is 0 Å². The van der Waals surface area contributed by atoms with Crippen molar-refractivity contribution in [3.8, 4) is 0 Å². The predicted molar refractivity (Wildman–Crippen MR) is 75.9 cm³/mol. The molecule has 1 N–H and O–H groups in total. The highest BCUT2D eigenvalue weighted by Crippen LogP contribution is 2.23. The molecule has 2 unspecified atom stereocenters. The maximum absolute atomic E-state index is 5.41. The van der Waals surface area contributed by atoms with E-state index >= 15 is 0 Å². The monoisotopic (exact) mass is 254 g/mol. The van der Waals surface area contributed by atoms with Crippen molar-refractivity contribution < 1.29 is 4.74 Å². The molecule has 1 heterocycles. The number of nitrogens with one attached hydrogen (secondary N) is 1. The van der Waals surface area contributed by atoms with E-state index in [0.29, 0.717) is 6.10 Å². The Hall–Kier alpha value is -0.120. The molecule has 3 nitrogen and oxygen atoms in total. The Morgan fingerprint density at radius 3 is 2.61 bits per heavy atom. The Labute approximate surface area is 112 Å². The average molecular weight is 254 g/mol. The van der Waals surface area contributed by atoms with Crippen molar-refractivity contribution in [2.45, 2.75) is 57.6 Å². The minimum Gasteiger partial charge on any atom is -0.381 e. The number of nitrogens with zero attached hydrogens (tertiary/aromatic N) is 1. The molecule has 0 amide bonds. The molecule has 0 aromatic rings. The molecule has 1 saturated carbocycles. The van der Waals surface area contributed by atoms with Gasteiger partial charge < -0.3 is 15.0 Å². The van der Waals surface area contributed by atoms with Crippen LogP contribution >= 0.6 is 0 Å². The third kappa shape index (κ3) is 4.52. The number of ether oxygens (including phenoxy) is 1. The van der Waals surface area contributed by atoms with E-state index in [2.05, 4.69) is 17.1 Å². The van der Waals surface area contributed by atoms with Crippen molar-refractivity contribution >= 4 is 0 Å². The van der Waals surface area contributed by atoms with Gasteiger partial charge in [0.15, 0.2) is 0 Å². The van der Waals surface area contributed by atoms with Gasteiger partial charge in [-0.05, 0) is 31.6 Å². The summed E-state index contributed by atoms with van der Waals surface area (Å²) in [6.45, 7) is 7.18. The van der Waals surface area contributed by atoms with Crippen molar-refractivity contribution in [3.05, 3.63) is 0 Å². The van der Waals surface area contributed by atoms with E-state index in [4.69, 9.17) is 4.74 Å². The maximum Gasteiger partial charge on any atom is 0.0595 e. The summed E-state index contributed by atoms with van der Waals surface area (Å²) in [5, 5.41) is 3.75. The van der Waals surface area contributed by atoms with Gasteiger partial charge in [0, 0.05) is 39.3 Å². The molecule has 0 spiro atoms. The van der Waals surface area contributed by atoms with E-state index in [1.807, 2.05) is 7.11 Å². The highest BCUT2D eigenvalue weighted by Gasteiger charge is 2.20. The SMILES string of the molecule is COC1CCN(CCNC2CCCC(C)C2)CC1. The zero-order valence-corrected chi connectivity index (χ0v) is 12.2. The van der Waals surface area contributed by atoms with Gasteiger partial charge in [-0.2, -0.15) is 0 Å². The fourth-order valence-corrected chi connectivity index (χ4v) is 3.41. The number of rotatable bonds is 5. The molecule has 2 atom stereocenters. The Morgan fingerprint density at radius 1 is 1.17 bits per heavy atom. The summed E-state index contributed by atoms with van der Waals surface area (Å²) in [6, 6.07) is 0.783. The first-order valence-electron chi connectivity index (χ1n) is 7.76. The van der Waals surface area contributed by atoms with Gasteiger partial charge in [0.2, 0.25) is 0 Å². The Balaban J connectivity index is 1.55. The molecular weight excluding hydrogens is 224 g/mol. The van der Waals surface area contributed by atoms with Gasteiger partial charge in [-0.25, -0.2) is 0 Å². The average Bonchev–Trinajstić information content (AvgIpc) is 2.40. The summed E-state index contributed by atoms with van der Waals surface area (Å²) in [5.41, 5.74) is 0. The molecular formula is C15H30N2O. The van der Waals surface area contributed by atoms with Crippen molar-refractivity contribution in [1.29, 1.82) is 0 Å². The Bertz CT molecular complexity index is 227. The van der Waals surface area contributed by atoms with Crippen molar-refractivity contribution in [2.75, 3.05) is 33.3 Å². The molecule has 0 bridgehead atoms. The fraction of sp³-hybridized carbons (Fsp3) is 1.00. The molecule has 2 fully saturated rings. The summed E-state index contributed by atoms with van der Waals surface area (Å²) in [5.74, 6) is 0.925. The first kappa shape index (κ1) is 14.3. The summed E-state index contributed by atoms with van der Waals surface area (Å²) < 4.78 is 5.41. The molecule has 1 saturated heterocycles. The molecule has 1 aliphatic heterocycles. The molecule has 2 aliphatic rings. The number of piperidine rings is 1. The number of hydrogen-bond donors (Lipinski definition) is 1. The molecule has 0 radical (unpaired) electrons. The highest BCUT2D eigenvalue weighted by atomic mass is 16.5. The third-order valence-corrected chi connectivity index (χ3v) is 4.67. The van der Waals surface area contributed by atoms with Crippen LogP contribution in [0.1, 0.15) is 45.4 Å². The van der Waals surface area contributed by atoms with Crippen molar-refractivity contribution in [1.82, 2.24) is 10.2 Å². The molecule has 18 heavy (non-hydrogen) atoms. The highest BCUT2D eigenvalue weighted by molar-refractivity contribution is 4.77. The molecule has 3 heteroatoms. The van der Waals surface area contributed by atoms with E-state index in [9.17, 15) is 0 Å². The lowest BCUT2D eigenvalue weighted by atomic mass is 9.87. The lowest BCUT2D eigenvalue weighted by molar-refractivity contribution is 0.0411. The van der Waals surface area contributed by atoms with Crippen LogP contribution in [0.2, 0.25) is 0 Å². The quantitative estimate of drug-likeness (QED) is 0.814. The van der Waals surface area contributed by atoms with E-state index in [0.717, 1.165) is 18.5 Å². The minimum atomic E-state index is 0.508. The van der Waals surface area contributed by atoms with Gasteiger partial charge in [-0.1, -0.05) is 19.8 Å². The van der Waals surface area contributed by atoms with Crippen molar-refractivity contribution in [3.63, 3.8) is 0 Å². The molecule has 2 rings (SSSR count). The molecule has 1 aliphatic carbocycles. The zero-order chi connectivity index (χ0) is 12.8. The minimum absolute atomic E-state index is 0.508. The van der Waals surface area contributed by atoms with Gasteiger partial charge in [-0.15, -0.1) is 0 Å². The van der Waals surface area contributed by atoms with Gasteiger partial charge in [0.25, 0.3) is 0 Å². The number of methoxy groups -OCH3 is 1. The standard InChI is InChI=1S/C15H30N2O/c1-13-4-3-5-14(12-13)16-8-11-17-9-6-15(18-2)7-10-17/h13-16H,3-12H2,1-2H3. The van der Waals surface area contributed by atoms with Crippen LogP contribution < -0.4 is 5.32 Å². The number of hydrogen-bond acceptors (Lipinski definition) is 3. The van der Waals surface area contributed by atoms with E-state index in [-0.39, 0.29) is 0 Å². The van der Waals surface area contributed by atoms with Gasteiger partial charge >= 0.3 is 0 Å². The summed E-state index contributed by atoms with van der Waals surface area (Å²) in [4.78, 5) is 2.58. The van der Waals surface area contributed by atoms with Crippen LogP contribution in [0.4, 0.5) is 0 Å². The van der Waals surface area contributed by atoms with Crippen LogP contribution in [0.25, 0.3) is 0 Å². The smallest absolute Gasteiger partial charge is 0.0595 e. The van der Waals surface area contributed by atoms with Crippen LogP contribution in [-0.2, 0) is 4.74 Å². The van der Waals surface area contributed by atoms with E-state index in [1.54, 1.807) is 0 Å². The Morgan fingerprint density at radius 2 is 1.94 bits per heavy atom. The maximum atomic E-state index is 5.41. The van der Waals surface area contributed by atoms with Crippen molar-refractivity contribution in [2.24, 2.45) is 5.92 Å². The molecule has 106 valence electrons. The van der Waals surface area contributed by atoms with E-state index in [1.165, 1.54) is 58.2 Å². The van der Waals surface area contributed by atoms with Crippen LogP contribution in [0.15, 0.2) is 0 Å². The second-order valence-electron chi connectivity index (χ2n) is 6.20. The predicted octanol–water partition coefficient (Wildman–Crippen LogP) is 2.27. The summed E-state index contributed by atoms with van der Waals surface area (Å²) in [7, 11) is 1.84. The van der Waals surface area contributed by atoms with Crippen LogP contribution in [0.3, 0.4) is 0 Å². The Kier molecular flexibility index (Phi) is 5.93. The van der Waals surface area contributed by atoms with Crippen LogP contribution in [-0.4, -0.2) is 50.3 Å². The van der Waals surface area contributed by atoms with Gasteiger partial charge in [0.05, 0.1) is 6.10 Å². The second-order valence-corrected chi connectivity index (χ2v) is 6.20. The number of likely N-dealkylation sites (tertiary alicyclic amines) is 1. The molecule has 0 aromatic heterocycles. The normalized spacial score (nSPS) is 31.7. The first-order valence-corrected chi connectivity index (χ1v) is 7.76. The lowest BCUT2D eigenvalue weighted by Crippen LogP contribution is -2.43. The summed E-state index contributed by atoms with van der Waals surface area (Å²) in [6.07, 6.45) is 8.53. The first-order chi connectivity index (χ1) is 8.78. The van der Waals surface area contributed by atoms with Crippen LogP contribution in [0, 0.1) is 5.92 Å². The fourth-order valence-electron chi connectivity index (χ4n) is 3.41. The zero-order valence-electron chi connectivity index (χ0n) is 12.2. The molecule has 0 aromatic carbocycles. The second kappa shape index (κ2) is 7.46. The van der Waals surface area contributed by atoms with Gasteiger partial charge in [0.1, 0.15) is 0 Å². The summed E-state index contributed by atoms with van der Waals surface area (Å²) >= 11 is 0.